The van der Waals surface area contributed by atoms with Gasteiger partial charge in [-0.1, -0.05) is 78.5 Å². The lowest BCUT2D eigenvalue weighted by Crippen LogP contribution is -2.14. The highest BCUT2D eigenvalue weighted by atomic mass is 32.2. The van der Waals surface area contributed by atoms with Crippen molar-refractivity contribution < 1.29 is 4.79 Å². The first kappa shape index (κ1) is 19.6. The molecule has 1 saturated carbocycles. The Labute approximate surface area is 185 Å². The number of nitrogens with one attached hydrogen (secondary N) is 1. The Balaban J connectivity index is 1.29. The van der Waals surface area contributed by atoms with Crippen LogP contribution in [-0.2, 0) is 4.79 Å². The van der Waals surface area contributed by atoms with Crippen LogP contribution in [0, 0.1) is 0 Å². The van der Waals surface area contributed by atoms with E-state index in [1.54, 1.807) is 0 Å². The summed E-state index contributed by atoms with van der Waals surface area (Å²) >= 11 is 1.37. The van der Waals surface area contributed by atoms with Gasteiger partial charge in [-0.05, 0) is 36.6 Å². The second-order valence-corrected chi connectivity index (χ2v) is 8.47. The van der Waals surface area contributed by atoms with Crippen molar-refractivity contribution in [2.24, 2.45) is 0 Å². The summed E-state index contributed by atoms with van der Waals surface area (Å²) in [7, 11) is 0. The van der Waals surface area contributed by atoms with Gasteiger partial charge in [-0.15, -0.1) is 5.10 Å². The van der Waals surface area contributed by atoms with E-state index in [-0.39, 0.29) is 11.7 Å². The van der Waals surface area contributed by atoms with Crippen molar-refractivity contribution in [3.05, 3.63) is 90.8 Å². The fraction of sp³-hybridized carbons (Fsp3) is 0.160. The standard InChI is InChI=1S/C25H22N4OS/c30-23(26-22-14-8-7-13-21(22)18-9-3-1-4-10-18)17-31-25-27-24(19-15-16-19)29(28-25)20-11-5-2-6-12-20/h1-14,19H,15-17H2,(H,26,30). The predicted octanol–water partition coefficient (Wildman–Crippen LogP) is 5.54. The highest BCUT2D eigenvalue weighted by molar-refractivity contribution is 7.99. The molecule has 0 radical (unpaired) electrons. The Morgan fingerprint density at radius 1 is 0.935 bits per heavy atom. The lowest BCUT2D eigenvalue weighted by molar-refractivity contribution is -0.113. The minimum Gasteiger partial charge on any atom is -0.325 e. The number of carbonyl (C=O) groups is 1. The minimum atomic E-state index is -0.0718. The maximum atomic E-state index is 12.7. The number of hydrogen-bond acceptors (Lipinski definition) is 4. The van der Waals surface area contributed by atoms with E-state index in [2.05, 4.69) is 10.4 Å². The average molecular weight is 427 g/mol. The lowest BCUT2D eigenvalue weighted by atomic mass is 10.0. The summed E-state index contributed by atoms with van der Waals surface area (Å²) in [6.07, 6.45) is 2.29. The largest absolute Gasteiger partial charge is 0.325 e. The fourth-order valence-corrected chi connectivity index (χ4v) is 4.14. The summed E-state index contributed by atoms with van der Waals surface area (Å²) < 4.78 is 1.92. The topological polar surface area (TPSA) is 59.8 Å². The van der Waals surface area contributed by atoms with Crippen LogP contribution in [0.25, 0.3) is 16.8 Å². The molecule has 0 saturated heterocycles. The zero-order valence-electron chi connectivity index (χ0n) is 16.9. The molecule has 5 rings (SSSR count). The van der Waals surface area contributed by atoms with Crippen molar-refractivity contribution in [1.82, 2.24) is 14.8 Å². The van der Waals surface area contributed by atoms with Crippen LogP contribution in [0.3, 0.4) is 0 Å². The van der Waals surface area contributed by atoms with Gasteiger partial charge in [-0.3, -0.25) is 4.79 Å². The highest BCUT2D eigenvalue weighted by Gasteiger charge is 2.30. The SMILES string of the molecule is O=C(CSc1nc(C2CC2)n(-c2ccccc2)n1)Nc1ccccc1-c1ccccc1. The summed E-state index contributed by atoms with van der Waals surface area (Å²) in [6, 6.07) is 28.0. The van der Waals surface area contributed by atoms with Gasteiger partial charge >= 0.3 is 0 Å². The Bertz CT molecular complexity index is 1190. The van der Waals surface area contributed by atoms with Gasteiger partial charge in [-0.25, -0.2) is 9.67 Å². The first-order valence-corrected chi connectivity index (χ1v) is 11.4. The highest BCUT2D eigenvalue weighted by Crippen LogP contribution is 2.40. The molecule has 0 atom stereocenters. The molecule has 1 amide bonds. The van der Waals surface area contributed by atoms with Gasteiger partial charge in [0.05, 0.1) is 11.4 Å². The molecule has 1 fully saturated rings. The molecule has 1 N–H and O–H groups in total. The van der Waals surface area contributed by atoms with Crippen molar-refractivity contribution in [2.45, 2.75) is 23.9 Å². The third kappa shape index (κ3) is 4.54. The molecule has 154 valence electrons. The quantitative estimate of drug-likeness (QED) is 0.394. The number of thioether (sulfide) groups is 1. The third-order valence-electron chi connectivity index (χ3n) is 5.17. The summed E-state index contributed by atoms with van der Waals surface area (Å²) in [6.45, 7) is 0. The number of nitrogens with zero attached hydrogens (tertiary/aromatic N) is 3. The molecule has 0 bridgehead atoms. The zero-order valence-corrected chi connectivity index (χ0v) is 17.8. The maximum Gasteiger partial charge on any atom is 0.234 e. The molecule has 0 spiro atoms. The molecule has 31 heavy (non-hydrogen) atoms. The van der Waals surface area contributed by atoms with Crippen LogP contribution in [0.4, 0.5) is 5.69 Å². The van der Waals surface area contributed by atoms with Gasteiger partial charge < -0.3 is 5.32 Å². The van der Waals surface area contributed by atoms with Crippen molar-refractivity contribution >= 4 is 23.4 Å². The number of carbonyl (C=O) groups excluding carboxylic acids is 1. The summed E-state index contributed by atoms with van der Waals surface area (Å²) in [5, 5.41) is 8.36. The van der Waals surface area contributed by atoms with E-state index in [9.17, 15) is 4.79 Å². The molecule has 1 heterocycles. The predicted molar refractivity (Wildman–Crippen MR) is 125 cm³/mol. The molecule has 1 aliphatic rings. The number of anilines is 1. The smallest absolute Gasteiger partial charge is 0.234 e. The van der Waals surface area contributed by atoms with Crippen molar-refractivity contribution in [2.75, 3.05) is 11.1 Å². The van der Waals surface area contributed by atoms with Crippen LogP contribution in [0.5, 0.6) is 0 Å². The van der Waals surface area contributed by atoms with Gasteiger partial charge in [0.2, 0.25) is 11.1 Å². The Hall–Kier alpha value is -3.38. The van der Waals surface area contributed by atoms with Gasteiger partial charge in [0.1, 0.15) is 5.82 Å². The number of amides is 1. The first-order chi connectivity index (χ1) is 15.3. The zero-order chi connectivity index (χ0) is 21.0. The molecule has 1 aromatic heterocycles. The van der Waals surface area contributed by atoms with E-state index in [4.69, 9.17) is 4.98 Å². The summed E-state index contributed by atoms with van der Waals surface area (Å²) in [4.78, 5) is 17.4. The van der Waals surface area contributed by atoms with Crippen LogP contribution >= 0.6 is 11.8 Å². The molecular weight excluding hydrogens is 404 g/mol. The van der Waals surface area contributed by atoms with E-state index in [0.717, 1.165) is 41.2 Å². The van der Waals surface area contributed by atoms with Gasteiger partial charge in [0, 0.05) is 17.2 Å². The van der Waals surface area contributed by atoms with E-state index < -0.39 is 0 Å². The number of hydrogen-bond donors (Lipinski definition) is 1. The number of para-hydroxylation sites is 2. The van der Waals surface area contributed by atoms with Crippen molar-refractivity contribution in [1.29, 1.82) is 0 Å². The van der Waals surface area contributed by atoms with E-state index >= 15 is 0 Å². The summed E-state index contributed by atoms with van der Waals surface area (Å²) in [5.74, 6) is 1.64. The molecule has 5 nitrogen and oxygen atoms in total. The molecular formula is C25H22N4OS. The van der Waals surface area contributed by atoms with E-state index in [1.165, 1.54) is 11.8 Å². The van der Waals surface area contributed by atoms with Gasteiger partial charge in [0.15, 0.2) is 0 Å². The van der Waals surface area contributed by atoms with Crippen molar-refractivity contribution in [3.8, 4) is 16.8 Å². The van der Waals surface area contributed by atoms with Crippen LogP contribution in [-0.4, -0.2) is 26.4 Å². The van der Waals surface area contributed by atoms with E-state index in [1.807, 2.05) is 89.6 Å². The van der Waals surface area contributed by atoms with Crippen molar-refractivity contribution in [3.63, 3.8) is 0 Å². The second kappa shape index (κ2) is 8.78. The molecule has 0 aliphatic heterocycles. The molecule has 6 heteroatoms. The minimum absolute atomic E-state index is 0.0718. The van der Waals surface area contributed by atoms with E-state index in [0.29, 0.717) is 11.1 Å². The van der Waals surface area contributed by atoms with Gasteiger partial charge in [-0.2, -0.15) is 0 Å². The molecule has 3 aromatic carbocycles. The number of aromatic nitrogens is 3. The van der Waals surface area contributed by atoms with Crippen LogP contribution in [0.1, 0.15) is 24.6 Å². The average Bonchev–Trinajstić information content (AvgIpc) is 3.58. The first-order valence-electron chi connectivity index (χ1n) is 10.4. The van der Waals surface area contributed by atoms with Crippen LogP contribution in [0.15, 0.2) is 90.1 Å². The third-order valence-corrected chi connectivity index (χ3v) is 6.01. The lowest BCUT2D eigenvalue weighted by Gasteiger charge is -2.10. The number of benzene rings is 3. The molecule has 4 aromatic rings. The van der Waals surface area contributed by atoms with Gasteiger partial charge in [0.25, 0.3) is 0 Å². The fourth-order valence-electron chi connectivity index (χ4n) is 3.51. The van der Waals surface area contributed by atoms with Crippen LogP contribution in [0.2, 0.25) is 0 Å². The number of rotatable bonds is 7. The normalized spacial score (nSPS) is 13.2. The second-order valence-electron chi connectivity index (χ2n) is 7.52. The molecule has 1 aliphatic carbocycles. The Morgan fingerprint density at radius 2 is 1.61 bits per heavy atom. The van der Waals surface area contributed by atoms with Crippen LogP contribution < -0.4 is 5.32 Å². The molecule has 0 unspecified atom stereocenters. The Morgan fingerprint density at radius 3 is 2.35 bits per heavy atom. The maximum absolute atomic E-state index is 12.7. The monoisotopic (exact) mass is 426 g/mol. The summed E-state index contributed by atoms with van der Waals surface area (Å²) in [5.41, 5.74) is 3.89. The Kier molecular flexibility index (Phi) is 5.54.